The highest BCUT2D eigenvalue weighted by Gasteiger charge is 2.04. The zero-order valence-corrected chi connectivity index (χ0v) is 9.37. The van der Waals surface area contributed by atoms with Gasteiger partial charge in [-0.1, -0.05) is 0 Å². The summed E-state index contributed by atoms with van der Waals surface area (Å²) in [6, 6.07) is 4.61. The van der Waals surface area contributed by atoms with Crippen molar-refractivity contribution < 1.29 is 9.13 Å². The maximum atomic E-state index is 13.2. The number of rotatable bonds is 5. The van der Waals surface area contributed by atoms with Gasteiger partial charge in [0, 0.05) is 18.5 Å². The Kier molecular flexibility index (Phi) is 4.81. The first-order valence-corrected chi connectivity index (χ1v) is 5.23. The molecular weight excluding hydrogens is 205 g/mol. The molecule has 1 unspecified atom stereocenters. The van der Waals surface area contributed by atoms with Crippen molar-refractivity contribution in [2.45, 2.75) is 25.8 Å². The van der Waals surface area contributed by atoms with Gasteiger partial charge in [-0.25, -0.2) is 4.39 Å². The van der Waals surface area contributed by atoms with Crippen LogP contribution in [0.4, 0.5) is 4.39 Å². The molecular formula is C13H16FNO. The van der Waals surface area contributed by atoms with Crippen LogP contribution in [0, 0.1) is 18.2 Å². The molecule has 16 heavy (non-hydrogen) atoms. The summed E-state index contributed by atoms with van der Waals surface area (Å²) in [7, 11) is 0. The molecule has 0 aliphatic heterocycles. The number of hydrogen-bond donors (Lipinski definition) is 1. The molecule has 0 bridgehead atoms. The Labute approximate surface area is 95.6 Å². The van der Waals surface area contributed by atoms with Crippen LogP contribution in [0.1, 0.15) is 18.9 Å². The van der Waals surface area contributed by atoms with E-state index >= 15 is 0 Å². The van der Waals surface area contributed by atoms with Crippen molar-refractivity contribution in [1.29, 1.82) is 0 Å². The number of hydrogen-bond acceptors (Lipinski definition) is 2. The average molecular weight is 221 g/mol. The molecule has 0 spiro atoms. The standard InChI is InChI=1S/C13H16FNO/c1-3-4-5-16-13-8-11(6-10(2)15)7-12(14)9-13/h1,7-10H,4-6,15H2,2H3. The minimum atomic E-state index is -0.311. The first kappa shape index (κ1) is 12.5. The zero-order valence-electron chi connectivity index (χ0n) is 9.37. The molecule has 0 aliphatic carbocycles. The van der Waals surface area contributed by atoms with E-state index < -0.39 is 0 Å². The van der Waals surface area contributed by atoms with E-state index in [4.69, 9.17) is 16.9 Å². The number of halogens is 1. The predicted molar refractivity (Wildman–Crippen MR) is 62.7 cm³/mol. The Morgan fingerprint density at radius 3 is 2.88 bits per heavy atom. The fourth-order valence-electron chi connectivity index (χ4n) is 1.42. The van der Waals surface area contributed by atoms with Gasteiger partial charge in [0.2, 0.25) is 0 Å². The van der Waals surface area contributed by atoms with E-state index in [0.717, 1.165) is 5.56 Å². The lowest BCUT2D eigenvalue weighted by Gasteiger charge is -2.09. The molecule has 0 radical (unpaired) electrons. The van der Waals surface area contributed by atoms with Crippen LogP contribution >= 0.6 is 0 Å². The summed E-state index contributed by atoms with van der Waals surface area (Å²) in [5.74, 6) is 2.65. The van der Waals surface area contributed by atoms with E-state index in [9.17, 15) is 4.39 Å². The Bertz CT molecular complexity index is 382. The van der Waals surface area contributed by atoms with Crippen molar-refractivity contribution in [2.75, 3.05) is 6.61 Å². The van der Waals surface area contributed by atoms with Crippen molar-refractivity contribution in [2.24, 2.45) is 5.73 Å². The van der Waals surface area contributed by atoms with Gasteiger partial charge >= 0.3 is 0 Å². The molecule has 86 valence electrons. The minimum Gasteiger partial charge on any atom is -0.492 e. The summed E-state index contributed by atoms with van der Waals surface area (Å²) in [6.07, 6.45) is 6.24. The molecule has 1 aromatic carbocycles. The van der Waals surface area contributed by atoms with Crippen molar-refractivity contribution in [1.82, 2.24) is 0 Å². The van der Waals surface area contributed by atoms with E-state index in [0.29, 0.717) is 25.2 Å². The summed E-state index contributed by atoms with van der Waals surface area (Å²) < 4.78 is 18.6. The fraction of sp³-hybridized carbons (Fsp3) is 0.385. The number of terminal acetylenes is 1. The van der Waals surface area contributed by atoms with Gasteiger partial charge in [-0.15, -0.1) is 12.3 Å². The molecule has 2 nitrogen and oxygen atoms in total. The minimum absolute atomic E-state index is 0.000332. The van der Waals surface area contributed by atoms with Gasteiger partial charge in [-0.05, 0) is 31.0 Å². The van der Waals surface area contributed by atoms with E-state index in [1.54, 1.807) is 6.07 Å². The van der Waals surface area contributed by atoms with Crippen LogP contribution in [0.25, 0.3) is 0 Å². The Balaban J connectivity index is 2.70. The van der Waals surface area contributed by atoms with E-state index in [-0.39, 0.29) is 11.9 Å². The monoisotopic (exact) mass is 221 g/mol. The molecule has 2 N–H and O–H groups in total. The summed E-state index contributed by atoms with van der Waals surface area (Å²) >= 11 is 0. The van der Waals surface area contributed by atoms with Crippen molar-refractivity contribution in [3.05, 3.63) is 29.6 Å². The number of nitrogens with two attached hydrogens (primary N) is 1. The molecule has 1 atom stereocenters. The van der Waals surface area contributed by atoms with E-state index in [2.05, 4.69) is 5.92 Å². The molecule has 0 aliphatic rings. The highest BCUT2D eigenvalue weighted by molar-refractivity contribution is 5.30. The summed E-state index contributed by atoms with van der Waals surface area (Å²) in [4.78, 5) is 0. The molecule has 1 rings (SSSR count). The lowest BCUT2D eigenvalue weighted by Crippen LogP contribution is -2.17. The van der Waals surface area contributed by atoms with Crippen LogP contribution in [0.2, 0.25) is 0 Å². The summed E-state index contributed by atoms with van der Waals surface area (Å²) in [5, 5.41) is 0. The third-order valence-electron chi connectivity index (χ3n) is 2.00. The third-order valence-corrected chi connectivity index (χ3v) is 2.00. The molecule has 0 fully saturated rings. The van der Waals surface area contributed by atoms with Crippen molar-refractivity contribution in [3.8, 4) is 18.1 Å². The van der Waals surface area contributed by atoms with Crippen LogP contribution in [0.5, 0.6) is 5.75 Å². The van der Waals surface area contributed by atoms with Crippen molar-refractivity contribution >= 4 is 0 Å². The Morgan fingerprint density at radius 1 is 1.50 bits per heavy atom. The quantitative estimate of drug-likeness (QED) is 0.610. The molecule has 0 saturated heterocycles. The van der Waals surface area contributed by atoms with Gasteiger partial charge in [0.05, 0.1) is 6.61 Å². The zero-order chi connectivity index (χ0) is 12.0. The SMILES string of the molecule is C#CCCOc1cc(F)cc(CC(C)N)c1. The lowest BCUT2D eigenvalue weighted by atomic mass is 10.1. The fourth-order valence-corrected chi connectivity index (χ4v) is 1.42. The highest BCUT2D eigenvalue weighted by Crippen LogP contribution is 2.17. The second-order valence-electron chi connectivity index (χ2n) is 3.78. The predicted octanol–water partition coefficient (Wildman–Crippen LogP) is 2.12. The topological polar surface area (TPSA) is 35.2 Å². The first-order chi connectivity index (χ1) is 7.61. The summed E-state index contributed by atoms with van der Waals surface area (Å²) in [5.41, 5.74) is 6.50. The number of ether oxygens (including phenoxy) is 1. The second kappa shape index (κ2) is 6.14. The maximum absolute atomic E-state index is 13.2. The molecule has 0 saturated carbocycles. The smallest absolute Gasteiger partial charge is 0.127 e. The van der Waals surface area contributed by atoms with Crippen molar-refractivity contribution in [3.63, 3.8) is 0 Å². The summed E-state index contributed by atoms with van der Waals surface area (Å²) in [6.45, 7) is 2.28. The lowest BCUT2D eigenvalue weighted by molar-refractivity contribution is 0.325. The van der Waals surface area contributed by atoms with E-state index in [1.165, 1.54) is 12.1 Å². The van der Waals surface area contributed by atoms with Gasteiger partial charge in [-0.2, -0.15) is 0 Å². The van der Waals surface area contributed by atoms with Crippen LogP contribution in [0.15, 0.2) is 18.2 Å². The molecule has 3 heteroatoms. The van der Waals surface area contributed by atoms with Gasteiger partial charge in [0.1, 0.15) is 11.6 Å². The molecule has 0 aromatic heterocycles. The molecule has 0 amide bonds. The largest absolute Gasteiger partial charge is 0.492 e. The van der Waals surface area contributed by atoms with Gasteiger partial charge < -0.3 is 10.5 Å². The first-order valence-electron chi connectivity index (χ1n) is 5.23. The average Bonchev–Trinajstić information content (AvgIpc) is 2.16. The van der Waals surface area contributed by atoms with E-state index in [1.807, 2.05) is 6.92 Å². The normalized spacial score (nSPS) is 11.9. The van der Waals surface area contributed by atoms with Gasteiger partial charge in [0.25, 0.3) is 0 Å². The highest BCUT2D eigenvalue weighted by atomic mass is 19.1. The third kappa shape index (κ3) is 4.33. The Morgan fingerprint density at radius 2 is 2.25 bits per heavy atom. The molecule has 0 heterocycles. The van der Waals surface area contributed by atoms with Crippen LogP contribution in [-0.4, -0.2) is 12.6 Å². The maximum Gasteiger partial charge on any atom is 0.127 e. The number of benzene rings is 1. The van der Waals surface area contributed by atoms with Gasteiger partial charge in [-0.3, -0.25) is 0 Å². The molecule has 1 aromatic rings. The van der Waals surface area contributed by atoms with Crippen LogP contribution in [-0.2, 0) is 6.42 Å². The van der Waals surface area contributed by atoms with Gasteiger partial charge in [0.15, 0.2) is 0 Å². The van der Waals surface area contributed by atoms with Crippen LogP contribution < -0.4 is 10.5 Å². The van der Waals surface area contributed by atoms with Crippen LogP contribution in [0.3, 0.4) is 0 Å². The second-order valence-corrected chi connectivity index (χ2v) is 3.78. The Hall–Kier alpha value is -1.53.